The fourth-order valence-electron chi connectivity index (χ4n) is 0.821. The summed E-state index contributed by atoms with van der Waals surface area (Å²) in [5.74, 6) is -1.13. The number of primary amides is 1. The van der Waals surface area contributed by atoms with Crippen molar-refractivity contribution in [1.29, 1.82) is 0 Å². The maximum absolute atomic E-state index is 10.9. The molecule has 0 aromatic carbocycles. The molecule has 13 heavy (non-hydrogen) atoms. The molecule has 4 nitrogen and oxygen atoms in total. The molecule has 0 aliphatic heterocycles. The zero-order valence-corrected chi connectivity index (χ0v) is 7.76. The van der Waals surface area contributed by atoms with Crippen molar-refractivity contribution < 1.29 is 14.7 Å². The highest BCUT2D eigenvalue weighted by atomic mass is 16.3. The SMILES string of the molecule is C=C(O)C/C(C(N)=O)=C(/C)C(C)=O. The molecule has 1 amide bonds. The molecule has 0 bridgehead atoms. The fraction of sp³-hybridized carbons (Fsp3) is 0.333. The molecule has 0 aliphatic carbocycles. The highest BCUT2D eigenvalue weighted by molar-refractivity contribution is 6.03. The summed E-state index contributed by atoms with van der Waals surface area (Å²) in [5, 5.41) is 8.85. The first-order chi connectivity index (χ1) is 5.86. The van der Waals surface area contributed by atoms with Crippen molar-refractivity contribution in [3.05, 3.63) is 23.5 Å². The molecule has 0 fully saturated rings. The van der Waals surface area contributed by atoms with Gasteiger partial charge in [0.05, 0.1) is 5.76 Å². The summed E-state index contributed by atoms with van der Waals surface area (Å²) < 4.78 is 0. The molecular weight excluding hydrogens is 170 g/mol. The number of hydrogen-bond acceptors (Lipinski definition) is 3. The fourth-order valence-corrected chi connectivity index (χ4v) is 0.821. The Kier molecular flexibility index (Phi) is 3.91. The standard InChI is InChI=1S/C9H13NO3/c1-5(11)4-8(9(10)13)6(2)7(3)12/h11H,1,4H2,2-3H3,(H2,10,13)/b8-6+. The number of hydrogen-bond donors (Lipinski definition) is 2. The van der Waals surface area contributed by atoms with Gasteiger partial charge in [-0.3, -0.25) is 9.59 Å². The van der Waals surface area contributed by atoms with Gasteiger partial charge in [-0.25, -0.2) is 0 Å². The second kappa shape index (κ2) is 4.45. The van der Waals surface area contributed by atoms with E-state index in [4.69, 9.17) is 10.8 Å². The number of aliphatic hydroxyl groups excluding tert-OH is 1. The first-order valence-electron chi connectivity index (χ1n) is 3.73. The zero-order chi connectivity index (χ0) is 10.6. The van der Waals surface area contributed by atoms with Crippen LogP contribution in [-0.2, 0) is 9.59 Å². The summed E-state index contributed by atoms with van der Waals surface area (Å²) in [7, 11) is 0. The number of aliphatic hydroxyl groups is 1. The molecule has 0 aromatic heterocycles. The Hall–Kier alpha value is -1.58. The van der Waals surface area contributed by atoms with Gasteiger partial charge in [0.2, 0.25) is 5.91 Å². The lowest BCUT2D eigenvalue weighted by atomic mass is 10.0. The van der Waals surface area contributed by atoms with E-state index in [1.807, 2.05) is 0 Å². The topological polar surface area (TPSA) is 80.4 Å². The number of rotatable bonds is 4. The van der Waals surface area contributed by atoms with E-state index in [1.165, 1.54) is 13.8 Å². The second-order valence-electron chi connectivity index (χ2n) is 2.77. The van der Waals surface area contributed by atoms with Crippen LogP contribution in [0.1, 0.15) is 20.3 Å². The van der Waals surface area contributed by atoms with Gasteiger partial charge in [-0.05, 0) is 13.8 Å². The third-order valence-corrected chi connectivity index (χ3v) is 1.66. The molecule has 0 aromatic rings. The van der Waals surface area contributed by atoms with Gasteiger partial charge in [-0.1, -0.05) is 6.58 Å². The van der Waals surface area contributed by atoms with E-state index < -0.39 is 5.91 Å². The average molecular weight is 183 g/mol. The van der Waals surface area contributed by atoms with Gasteiger partial charge in [-0.15, -0.1) is 0 Å². The van der Waals surface area contributed by atoms with E-state index in [1.54, 1.807) is 0 Å². The van der Waals surface area contributed by atoms with Crippen LogP contribution in [0.4, 0.5) is 0 Å². The minimum atomic E-state index is -0.706. The minimum absolute atomic E-state index is 0.0687. The molecule has 0 unspecified atom stereocenters. The molecule has 72 valence electrons. The van der Waals surface area contributed by atoms with Crippen molar-refractivity contribution >= 4 is 11.7 Å². The predicted octanol–water partition coefficient (Wildman–Crippen LogP) is 0.839. The van der Waals surface area contributed by atoms with Crippen molar-refractivity contribution in [2.24, 2.45) is 5.73 Å². The van der Waals surface area contributed by atoms with Gasteiger partial charge >= 0.3 is 0 Å². The molecule has 0 atom stereocenters. The maximum Gasteiger partial charge on any atom is 0.245 e. The molecule has 0 heterocycles. The Morgan fingerprint density at radius 1 is 1.38 bits per heavy atom. The highest BCUT2D eigenvalue weighted by Crippen LogP contribution is 2.12. The summed E-state index contributed by atoms with van der Waals surface area (Å²) in [4.78, 5) is 21.7. The Morgan fingerprint density at radius 2 is 1.85 bits per heavy atom. The average Bonchev–Trinajstić information content (AvgIpc) is 1.97. The number of nitrogens with two attached hydrogens (primary N) is 1. The molecule has 0 saturated carbocycles. The third kappa shape index (κ3) is 3.55. The van der Waals surface area contributed by atoms with Crippen LogP contribution in [0.2, 0.25) is 0 Å². The first kappa shape index (κ1) is 11.4. The summed E-state index contributed by atoms with van der Waals surface area (Å²) in [6.07, 6.45) is -0.0687. The van der Waals surface area contributed by atoms with Crippen molar-refractivity contribution in [3.63, 3.8) is 0 Å². The molecule has 0 aliphatic rings. The third-order valence-electron chi connectivity index (χ3n) is 1.66. The van der Waals surface area contributed by atoms with Crippen LogP contribution in [0.3, 0.4) is 0 Å². The maximum atomic E-state index is 10.9. The predicted molar refractivity (Wildman–Crippen MR) is 49.0 cm³/mol. The van der Waals surface area contributed by atoms with Crippen molar-refractivity contribution in [2.45, 2.75) is 20.3 Å². The number of amides is 1. The largest absolute Gasteiger partial charge is 0.513 e. The summed E-state index contributed by atoms with van der Waals surface area (Å²) in [5.41, 5.74) is 5.40. The van der Waals surface area contributed by atoms with Gasteiger partial charge in [0, 0.05) is 17.6 Å². The molecule has 0 radical (unpaired) electrons. The highest BCUT2D eigenvalue weighted by Gasteiger charge is 2.13. The lowest BCUT2D eigenvalue weighted by Gasteiger charge is -2.05. The van der Waals surface area contributed by atoms with Crippen LogP contribution in [0, 0.1) is 0 Å². The van der Waals surface area contributed by atoms with Crippen molar-refractivity contribution in [2.75, 3.05) is 0 Å². The molecule has 4 heteroatoms. The monoisotopic (exact) mass is 183 g/mol. The number of ketones is 1. The summed E-state index contributed by atoms with van der Waals surface area (Å²) in [6, 6.07) is 0. The van der Waals surface area contributed by atoms with E-state index in [-0.39, 0.29) is 29.1 Å². The lowest BCUT2D eigenvalue weighted by molar-refractivity contribution is -0.116. The first-order valence-corrected chi connectivity index (χ1v) is 3.73. The van der Waals surface area contributed by atoms with Crippen LogP contribution >= 0.6 is 0 Å². The Bertz CT molecular complexity index is 289. The van der Waals surface area contributed by atoms with Crippen molar-refractivity contribution in [1.82, 2.24) is 0 Å². The second-order valence-corrected chi connectivity index (χ2v) is 2.77. The van der Waals surface area contributed by atoms with Crippen LogP contribution in [-0.4, -0.2) is 16.8 Å². The van der Waals surface area contributed by atoms with E-state index >= 15 is 0 Å². The minimum Gasteiger partial charge on any atom is -0.513 e. The van der Waals surface area contributed by atoms with Crippen LogP contribution in [0.25, 0.3) is 0 Å². The van der Waals surface area contributed by atoms with Crippen LogP contribution in [0.15, 0.2) is 23.5 Å². The van der Waals surface area contributed by atoms with Crippen molar-refractivity contribution in [3.8, 4) is 0 Å². The van der Waals surface area contributed by atoms with Gasteiger partial charge in [0.25, 0.3) is 0 Å². The van der Waals surface area contributed by atoms with E-state index in [2.05, 4.69) is 6.58 Å². The van der Waals surface area contributed by atoms with E-state index in [0.29, 0.717) is 0 Å². The normalized spacial score (nSPS) is 11.8. The molecule has 0 saturated heterocycles. The lowest BCUT2D eigenvalue weighted by Crippen LogP contribution is -2.17. The number of carbonyl (C=O) groups is 2. The van der Waals surface area contributed by atoms with E-state index in [0.717, 1.165) is 0 Å². The zero-order valence-electron chi connectivity index (χ0n) is 7.76. The Morgan fingerprint density at radius 3 is 2.08 bits per heavy atom. The summed E-state index contributed by atoms with van der Waals surface area (Å²) in [6.45, 7) is 6.04. The van der Waals surface area contributed by atoms with E-state index in [9.17, 15) is 9.59 Å². The van der Waals surface area contributed by atoms with Gasteiger partial charge < -0.3 is 10.8 Å². The molecular formula is C9H13NO3. The van der Waals surface area contributed by atoms with Crippen LogP contribution < -0.4 is 5.73 Å². The number of Topliss-reactive ketones (excluding diaryl/α,β-unsaturated/α-hetero) is 1. The van der Waals surface area contributed by atoms with Gasteiger partial charge in [0.15, 0.2) is 5.78 Å². The van der Waals surface area contributed by atoms with Gasteiger partial charge in [0.1, 0.15) is 0 Å². The smallest absolute Gasteiger partial charge is 0.245 e. The number of allylic oxidation sites excluding steroid dienone is 2. The quantitative estimate of drug-likeness (QED) is 0.500. The Balaban J connectivity index is 5.00. The summed E-state index contributed by atoms with van der Waals surface area (Å²) >= 11 is 0. The molecule has 0 spiro atoms. The Labute approximate surface area is 76.7 Å². The molecule has 3 N–H and O–H groups in total. The van der Waals surface area contributed by atoms with Crippen LogP contribution in [0.5, 0.6) is 0 Å². The molecule has 0 rings (SSSR count). The number of carbonyl (C=O) groups excluding carboxylic acids is 2. The van der Waals surface area contributed by atoms with Gasteiger partial charge in [-0.2, -0.15) is 0 Å².